The van der Waals surface area contributed by atoms with Gasteiger partial charge in [0.25, 0.3) is 5.91 Å². The molecule has 0 saturated carbocycles. The predicted octanol–water partition coefficient (Wildman–Crippen LogP) is 2.76. The van der Waals surface area contributed by atoms with Gasteiger partial charge in [-0.3, -0.25) is 9.69 Å². The molecule has 2 atom stereocenters. The van der Waals surface area contributed by atoms with E-state index >= 15 is 0 Å². The fraction of sp³-hybridized carbons (Fsp3) is 0.286. The minimum atomic E-state index is -0.577. The van der Waals surface area contributed by atoms with Gasteiger partial charge in [0.15, 0.2) is 12.2 Å². The topological polar surface area (TPSA) is 59.5 Å². The molecule has 3 amide bonds. The molecule has 5 rings (SSSR count). The zero-order chi connectivity index (χ0) is 21.0. The summed E-state index contributed by atoms with van der Waals surface area (Å²) in [6.45, 7) is 1.38. The van der Waals surface area contributed by atoms with Crippen molar-refractivity contribution < 1.29 is 14.0 Å². The quantitative estimate of drug-likeness (QED) is 0.755. The van der Waals surface area contributed by atoms with Crippen molar-refractivity contribution >= 4 is 35.2 Å². The molecule has 2 saturated heterocycles. The molecule has 0 radical (unpaired) electrons. The number of nitrogens with zero attached hydrogens (tertiary/aromatic N) is 5. The van der Waals surface area contributed by atoms with Crippen LogP contribution in [0.3, 0.4) is 0 Å². The van der Waals surface area contributed by atoms with Gasteiger partial charge in [0.2, 0.25) is 5.96 Å². The smallest absolute Gasteiger partial charge is 0.325 e. The lowest BCUT2D eigenvalue weighted by Gasteiger charge is -2.40. The van der Waals surface area contributed by atoms with Crippen LogP contribution in [0.15, 0.2) is 53.5 Å². The SMILES string of the molecule is CN1C(=O)N(Cc2ccc(F)cc2)C(=O)C2C1N=C1N(c3cccc(Cl)c3)CCN12. The number of amides is 3. The van der Waals surface area contributed by atoms with Crippen LogP contribution in [0.2, 0.25) is 5.02 Å². The van der Waals surface area contributed by atoms with E-state index < -0.39 is 18.2 Å². The van der Waals surface area contributed by atoms with Crippen molar-refractivity contribution in [2.24, 2.45) is 4.99 Å². The molecule has 0 spiro atoms. The molecule has 154 valence electrons. The summed E-state index contributed by atoms with van der Waals surface area (Å²) in [5, 5.41) is 0.621. The monoisotopic (exact) mass is 427 g/mol. The average molecular weight is 428 g/mol. The minimum Gasteiger partial charge on any atom is -0.325 e. The molecule has 0 N–H and O–H groups in total. The van der Waals surface area contributed by atoms with Crippen molar-refractivity contribution in [3.8, 4) is 0 Å². The highest BCUT2D eigenvalue weighted by atomic mass is 35.5. The molecule has 0 aliphatic carbocycles. The number of imide groups is 1. The normalized spacial score (nSPS) is 23.1. The maximum absolute atomic E-state index is 13.3. The van der Waals surface area contributed by atoms with E-state index in [9.17, 15) is 14.0 Å². The molecule has 2 fully saturated rings. The van der Waals surface area contributed by atoms with Gasteiger partial charge in [-0.2, -0.15) is 0 Å². The van der Waals surface area contributed by atoms with Crippen LogP contribution in [0.1, 0.15) is 5.56 Å². The summed E-state index contributed by atoms with van der Waals surface area (Å²) < 4.78 is 13.2. The third kappa shape index (κ3) is 2.90. The number of hydrogen-bond acceptors (Lipinski definition) is 5. The number of carbonyl (C=O) groups is 2. The van der Waals surface area contributed by atoms with E-state index in [4.69, 9.17) is 16.6 Å². The van der Waals surface area contributed by atoms with E-state index in [1.54, 1.807) is 25.2 Å². The highest BCUT2D eigenvalue weighted by molar-refractivity contribution is 6.31. The lowest BCUT2D eigenvalue weighted by Crippen LogP contribution is -2.64. The Morgan fingerprint density at radius 1 is 1.13 bits per heavy atom. The van der Waals surface area contributed by atoms with E-state index in [-0.39, 0.29) is 18.3 Å². The number of carbonyl (C=O) groups excluding carboxylic acids is 2. The summed E-state index contributed by atoms with van der Waals surface area (Å²) in [7, 11) is 1.65. The molecule has 0 bridgehead atoms. The minimum absolute atomic E-state index is 0.0900. The zero-order valence-electron chi connectivity index (χ0n) is 16.2. The fourth-order valence-corrected chi connectivity index (χ4v) is 4.43. The Labute approximate surface area is 177 Å². The molecule has 2 aromatic rings. The Morgan fingerprint density at radius 2 is 1.90 bits per heavy atom. The molecule has 9 heteroatoms. The number of urea groups is 1. The summed E-state index contributed by atoms with van der Waals surface area (Å²) >= 11 is 6.14. The van der Waals surface area contributed by atoms with Gasteiger partial charge in [0.05, 0.1) is 6.54 Å². The Bertz CT molecular complexity index is 1060. The van der Waals surface area contributed by atoms with Gasteiger partial charge in [0, 0.05) is 30.8 Å². The number of aliphatic imine (C=N–C) groups is 1. The molecular weight excluding hydrogens is 409 g/mol. The Kier molecular flexibility index (Phi) is 4.39. The summed E-state index contributed by atoms with van der Waals surface area (Å²) in [5.41, 5.74) is 1.58. The van der Waals surface area contributed by atoms with E-state index in [1.807, 2.05) is 28.0 Å². The highest BCUT2D eigenvalue weighted by Gasteiger charge is 2.54. The maximum Gasteiger partial charge on any atom is 0.328 e. The van der Waals surface area contributed by atoms with Gasteiger partial charge in [-0.05, 0) is 35.9 Å². The second-order valence-corrected chi connectivity index (χ2v) is 7.99. The predicted molar refractivity (Wildman–Crippen MR) is 111 cm³/mol. The first-order valence-electron chi connectivity index (χ1n) is 9.64. The van der Waals surface area contributed by atoms with Crippen molar-refractivity contribution in [1.29, 1.82) is 0 Å². The van der Waals surface area contributed by atoms with Gasteiger partial charge in [0.1, 0.15) is 5.82 Å². The van der Waals surface area contributed by atoms with Crippen LogP contribution >= 0.6 is 11.6 Å². The summed E-state index contributed by atoms with van der Waals surface area (Å²) in [5.74, 6) is 0.0160. The molecule has 0 aromatic heterocycles. The van der Waals surface area contributed by atoms with Gasteiger partial charge in [-0.15, -0.1) is 0 Å². The number of rotatable bonds is 3. The summed E-state index contributed by atoms with van der Waals surface area (Å²) in [6, 6.07) is 12.3. The largest absolute Gasteiger partial charge is 0.328 e. The summed E-state index contributed by atoms with van der Waals surface area (Å²) in [4.78, 5) is 37.6. The second kappa shape index (κ2) is 6.98. The van der Waals surface area contributed by atoms with E-state index in [0.717, 1.165) is 5.69 Å². The van der Waals surface area contributed by atoms with Gasteiger partial charge < -0.3 is 14.7 Å². The fourth-order valence-electron chi connectivity index (χ4n) is 4.24. The molecule has 2 aromatic carbocycles. The van der Waals surface area contributed by atoms with Crippen molar-refractivity contribution in [3.05, 3.63) is 64.9 Å². The molecule has 2 unspecified atom stereocenters. The number of benzene rings is 2. The standard InChI is InChI=1S/C21H19ClFN5O2/c1-25-18-17(19(29)28(21(25)30)12-13-5-7-15(23)8-6-13)27-10-9-26(20(27)24-18)16-4-2-3-14(22)11-16/h2-8,11,17-18H,9-10,12H2,1H3. The average Bonchev–Trinajstić information content (AvgIpc) is 3.30. The number of guanidine groups is 1. The first kappa shape index (κ1) is 18.9. The lowest BCUT2D eigenvalue weighted by molar-refractivity contribution is -0.137. The van der Waals surface area contributed by atoms with E-state index in [2.05, 4.69) is 0 Å². The molecular formula is C21H19ClFN5O2. The number of halogens is 2. The third-order valence-electron chi connectivity index (χ3n) is 5.75. The van der Waals surface area contributed by atoms with Crippen LogP contribution in [0.25, 0.3) is 0 Å². The summed E-state index contributed by atoms with van der Waals surface area (Å²) in [6.07, 6.45) is -0.577. The van der Waals surface area contributed by atoms with Crippen LogP contribution in [-0.4, -0.2) is 64.9 Å². The van der Waals surface area contributed by atoms with Crippen LogP contribution in [0.5, 0.6) is 0 Å². The third-order valence-corrected chi connectivity index (χ3v) is 5.99. The van der Waals surface area contributed by atoms with Crippen LogP contribution in [-0.2, 0) is 11.3 Å². The molecule has 30 heavy (non-hydrogen) atoms. The van der Waals surface area contributed by atoms with Crippen molar-refractivity contribution in [2.75, 3.05) is 25.0 Å². The number of anilines is 1. The van der Waals surface area contributed by atoms with Gasteiger partial charge >= 0.3 is 6.03 Å². The Balaban J connectivity index is 1.43. The molecule has 3 heterocycles. The first-order valence-corrected chi connectivity index (χ1v) is 10.0. The van der Waals surface area contributed by atoms with Crippen molar-refractivity contribution in [2.45, 2.75) is 18.8 Å². The number of fused-ring (bicyclic) bond motifs is 3. The lowest BCUT2D eigenvalue weighted by atomic mass is 10.1. The zero-order valence-corrected chi connectivity index (χ0v) is 17.0. The Hall–Kier alpha value is -3.13. The highest BCUT2D eigenvalue weighted by Crippen LogP contribution is 2.34. The number of likely N-dealkylation sites (N-methyl/N-ethyl adjacent to an activating group) is 1. The van der Waals surface area contributed by atoms with E-state index in [1.165, 1.54) is 21.9 Å². The Morgan fingerprint density at radius 3 is 2.63 bits per heavy atom. The second-order valence-electron chi connectivity index (χ2n) is 7.56. The van der Waals surface area contributed by atoms with Gasteiger partial charge in [-0.1, -0.05) is 29.8 Å². The van der Waals surface area contributed by atoms with Gasteiger partial charge in [-0.25, -0.2) is 14.2 Å². The van der Waals surface area contributed by atoms with Crippen molar-refractivity contribution in [1.82, 2.24) is 14.7 Å². The van der Waals surface area contributed by atoms with Crippen LogP contribution in [0.4, 0.5) is 14.9 Å². The molecule has 3 aliphatic rings. The number of hydrogen-bond donors (Lipinski definition) is 0. The van der Waals surface area contributed by atoms with Crippen molar-refractivity contribution in [3.63, 3.8) is 0 Å². The van der Waals surface area contributed by atoms with Crippen LogP contribution < -0.4 is 4.90 Å². The van der Waals surface area contributed by atoms with Crippen LogP contribution in [0, 0.1) is 5.82 Å². The van der Waals surface area contributed by atoms with E-state index in [0.29, 0.717) is 29.6 Å². The molecule has 7 nitrogen and oxygen atoms in total. The first-order chi connectivity index (χ1) is 14.4. The molecule has 3 aliphatic heterocycles. The maximum atomic E-state index is 13.3.